The maximum absolute atomic E-state index is 5.35. The van der Waals surface area contributed by atoms with Gasteiger partial charge in [-0.15, -0.1) is 12.3 Å². The first-order chi connectivity index (χ1) is 7.81. The summed E-state index contributed by atoms with van der Waals surface area (Å²) in [6, 6.07) is 9.06. The highest BCUT2D eigenvalue weighted by Gasteiger charge is 2.17. The molecule has 2 heteroatoms. The summed E-state index contributed by atoms with van der Waals surface area (Å²) >= 11 is 0. The maximum Gasteiger partial charge on any atom is 0.0412 e. The molecule has 1 aromatic carbocycles. The lowest BCUT2D eigenvalue weighted by Gasteiger charge is -2.25. The van der Waals surface area contributed by atoms with Crippen LogP contribution in [0.4, 0.5) is 5.69 Å². The number of nitrogens with zero attached hydrogens (tertiary/aromatic N) is 1. The van der Waals surface area contributed by atoms with E-state index in [1.807, 2.05) is 0 Å². The topological polar surface area (TPSA) is 15.3 Å². The molecule has 0 saturated carbocycles. The van der Waals surface area contributed by atoms with Crippen molar-refractivity contribution in [3.8, 4) is 12.3 Å². The second-order valence-electron chi connectivity index (χ2n) is 4.31. The van der Waals surface area contributed by atoms with Crippen molar-refractivity contribution >= 4 is 5.69 Å². The largest absolute Gasteiger partial charge is 0.369 e. The second kappa shape index (κ2) is 5.05. The highest BCUT2D eigenvalue weighted by Crippen LogP contribution is 2.23. The van der Waals surface area contributed by atoms with E-state index in [-0.39, 0.29) is 0 Å². The van der Waals surface area contributed by atoms with Gasteiger partial charge in [-0.1, -0.05) is 18.2 Å². The van der Waals surface area contributed by atoms with Crippen LogP contribution in [0.5, 0.6) is 0 Å². The summed E-state index contributed by atoms with van der Waals surface area (Å²) < 4.78 is 0. The number of benzene rings is 1. The Kier molecular flexibility index (Phi) is 3.48. The van der Waals surface area contributed by atoms with Crippen LogP contribution in [0.25, 0.3) is 0 Å². The molecular formula is C14H18N2. The summed E-state index contributed by atoms with van der Waals surface area (Å²) in [6.07, 6.45) is 6.15. The number of hydrogen-bond acceptors (Lipinski definition) is 2. The third kappa shape index (κ3) is 2.37. The molecule has 0 amide bonds. The Morgan fingerprint density at radius 1 is 1.50 bits per heavy atom. The fraction of sp³-hybridized carbons (Fsp3) is 0.429. The van der Waals surface area contributed by atoms with Crippen LogP contribution in [0.1, 0.15) is 18.9 Å². The number of terminal acetylenes is 1. The van der Waals surface area contributed by atoms with Gasteiger partial charge in [0.2, 0.25) is 0 Å². The Hall–Kier alpha value is -1.46. The highest BCUT2D eigenvalue weighted by atomic mass is 15.2. The SMILES string of the molecule is C#CCCN1CC(C)NCc2ccccc21. The first-order valence-corrected chi connectivity index (χ1v) is 5.81. The fourth-order valence-corrected chi connectivity index (χ4v) is 2.16. The molecule has 0 saturated heterocycles. The zero-order valence-electron chi connectivity index (χ0n) is 9.74. The van der Waals surface area contributed by atoms with Gasteiger partial charge in [-0.2, -0.15) is 0 Å². The predicted octanol–water partition coefficient (Wildman–Crippen LogP) is 2.01. The van der Waals surface area contributed by atoms with Crippen molar-refractivity contribution in [2.45, 2.75) is 25.9 Å². The lowest BCUT2D eigenvalue weighted by Crippen LogP contribution is -2.36. The molecule has 84 valence electrons. The number of nitrogens with one attached hydrogen (secondary N) is 1. The third-order valence-electron chi connectivity index (χ3n) is 2.99. The van der Waals surface area contributed by atoms with Crippen molar-refractivity contribution in [3.05, 3.63) is 29.8 Å². The lowest BCUT2D eigenvalue weighted by molar-refractivity contribution is 0.554. The average Bonchev–Trinajstić information content (AvgIpc) is 2.47. The summed E-state index contributed by atoms with van der Waals surface area (Å²) in [5, 5.41) is 3.51. The highest BCUT2D eigenvalue weighted by molar-refractivity contribution is 5.54. The predicted molar refractivity (Wildman–Crippen MR) is 68.4 cm³/mol. The minimum Gasteiger partial charge on any atom is -0.369 e. The molecule has 2 nitrogen and oxygen atoms in total. The molecule has 2 rings (SSSR count). The number of rotatable bonds is 2. The van der Waals surface area contributed by atoms with Crippen LogP contribution in [0.15, 0.2) is 24.3 Å². The third-order valence-corrected chi connectivity index (χ3v) is 2.99. The van der Waals surface area contributed by atoms with Gasteiger partial charge in [0.25, 0.3) is 0 Å². The van der Waals surface area contributed by atoms with E-state index in [0.717, 1.165) is 26.1 Å². The van der Waals surface area contributed by atoms with E-state index in [2.05, 4.69) is 47.3 Å². The Morgan fingerprint density at radius 2 is 2.31 bits per heavy atom. The molecule has 1 unspecified atom stereocenters. The molecule has 1 heterocycles. The molecular weight excluding hydrogens is 196 g/mol. The maximum atomic E-state index is 5.35. The molecule has 0 fully saturated rings. The molecule has 1 aromatic rings. The van der Waals surface area contributed by atoms with E-state index in [1.165, 1.54) is 11.3 Å². The van der Waals surface area contributed by atoms with Gasteiger partial charge < -0.3 is 10.2 Å². The standard InChI is InChI=1S/C14H18N2/c1-3-4-9-16-11-12(2)15-10-13-7-5-6-8-14(13)16/h1,5-8,12,15H,4,9-11H2,2H3. The van der Waals surface area contributed by atoms with Crippen molar-refractivity contribution < 1.29 is 0 Å². The monoisotopic (exact) mass is 214 g/mol. The normalized spacial score (nSPS) is 19.8. The van der Waals surface area contributed by atoms with Crippen molar-refractivity contribution in [1.29, 1.82) is 0 Å². The van der Waals surface area contributed by atoms with E-state index in [9.17, 15) is 0 Å². The van der Waals surface area contributed by atoms with E-state index in [4.69, 9.17) is 6.42 Å². The molecule has 0 aliphatic carbocycles. The first kappa shape index (κ1) is 11.0. The Balaban J connectivity index is 2.24. The summed E-state index contributed by atoms with van der Waals surface area (Å²) in [4.78, 5) is 2.39. The van der Waals surface area contributed by atoms with Gasteiger partial charge in [-0.3, -0.25) is 0 Å². The number of hydrogen-bond donors (Lipinski definition) is 1. The van der Waals surface area contributed by atoms with Crippen molar-refractivity contribution in [2.75, 3.05) is 18.0 Å². The zero-order valence-corrected chi connectivity index (χ0v) is 9.74. The average molecular weight is 214 g/mol. The van der Waals surface area contributed by atoms with Crippen LogP contribution in [-0.4, -0.2) is 19.1 Å². The number of fused-ring (bicyclic) bond motifs is 1. The smallest absolute Gasteiger partial charge is 0.0412 e. The molecule has 1 N–H and O–H groups in total. The molecule has 0 aromatic heterocycles. The minimum atomic E-state index is 0.505. The van der Waals surface area contributed by atoms with Gasteiger partial charge in [0.1, 0.15) is 0 Å². The molecule has 1 aliphatic rings. The molecule has 16 heavy (non-hydrogen) atoms. The van der Waals surface area contributed by atoms with E-state index < -0.39 is 0 Å². The lowest BCUT2D eigenvalue weighted by atomic mass is 10.1. The Labute approximate surface area is 97.7 Å². The Bertz CT molecular complexity index is 392. The van der Waals surface area contributed by atoms with E-state index in [0.29, 0.717) is 6.04 Å². The van der Waals surface area contributed by atoms with Crippen molar-refractivity contribution in [3.63, 3.8) is 0 Å². The van der Waals surface area contributed by atoms with E-state index in [1.54, 1.807) is 0 Å². The summed E-state index contributed by atoms with van der Waals surface area (Å²) in [5.74, 6) is 2.72. The summed E-state index contributed by atoms with van der Waals surface area (Å²) in [7, 11) is 0. The Morgan fingerprint density at radius 3 is 3.12 bits per heavy atom. The number of anilines is 1. The van der Waals surface area contributed by atoms with E-state index >= 15 is 0 Å². The molecule has 0 bridgehead atoms. The van der Waals surface area contributed by atoms with Gasteiger partial charge >= 0.3 is 0 Å². The van der Waals surface area contributed by atoms with Crippen LogP contribution in [0.2, 0.25) is 0 Å². The van der Waals surface area contributed by atoms with Gasteiger partial charge in [0.05, 0.1) is 0 Å². The van der Waals surface area contributed by atoms with Crippen LogP contribution in [0, 0.1) is 12.3 Å². The quantitative estimate of drug-likeness (QED) is 0.758. The van der Waals surface area contributed by atoms with Crippen LogP contribution < -0.4 is 10.2 Å². The van der Waals surface area contributed by atoms with Gasteiger partial charge in [0, 0.05) is 37.8 Å². The second-order valence-corrected chi connectivity index (χ2v) is 4.31. The van der Waals surface area contributed by atoms with Gasteiger partial charge in [-0.05, 0) is 18.6 Å². The number of para-hydroxylation sites is 1. The minimum absolute atomic E-state index is 0.505. The zero-order chi connectivity index (χ0) is 11.4. The molecule has 1 atom stereocenters. The van der Waals surface area contributed by atoms with Crippen LogP contribution in [-0.2, 0) is 6.54 Å². The van der Waals surface area contributed by atoms with Gasteiger partial charge in [-0.25, -0.2) is 0 Å². The fourth-order valence-electron chi connectivity index (χ4n) is 2.16. The molecule has 0 spiro atoms. The summed E-state index contributed by atoms with van der Waals surface area (Å²) in [5.41, 5.74) is 2.69. The van der Waals surface area contributed by atoms with Crippen LogP contribution >= 0.6 is 0 Å². The summed E-state index contributed by atoms with van der Waals surface area (Å²) in [6.45, 7) is 5.14. The van der Waals surface area contributed by atoms with Crippen molar-refractivity contribution in [1.82, 2.24) is 5.32 Å². The van der Waals surface area contributed by atoms with Crippen molar-refractivity contribution in [2.24, 2.45) is 0 Å². The first-order valence-electron chi connectivity index (χ1n) is 5.81. The molecule has 0 radical (unpaired) electrons. The molecule has 1 aliphatic heterocycles. The van der Waals surface area contributed by atoms with Crippen LogP contribution in [0.3, 0.4) is 0 Å². The van der Waals surface area contributed by atoms with Gasteiger partial charge in [0.15, 0.2) is 0 Å².